The summed E-state index contributed by atoms with van der Waals surface area (Å²) < 4.78 is 39.3. The molecule has 0 unspecified atom stereocenters. The van der Waals surface area contributed by atoms with Crippen molar-refractivity contribution in [3.8, 4) is 17.2 Å². The molecule has 0 fully saturated rings. The molecule has 0 aliphatic carbocycles. The minimum absolute atomic E-state index is 0.00584. The number of hydrogen-bond acceptors (Lipinski definition) is 4. The van der Waals surface area contributed by atoms with Gasteiger partial charge in [-0.1, -0.05) is 0 Å². The number of aliphatic carboxylic acids is 1. The first-order chi connectivity index (χ1) is 7.49. The van der Waals surface area contributed by atoms with Crippen molar-refractivity contribution >= 4 is 5.97 Å². The second kappa shape index (κ2) is 3.51. The van der Waals surface area contributed by atoms with Gasteiger partial charge in [-0.3, -0.25) is 0 Å². The molecule has 16 heavy (non-hydrogen) atoms. The standard InChI is InChI=1S/C9H6F2O5/c10-9(11,8(12)13)16-5-1-2-6-7(3-5)15-4-14-6/h1-3H,4H2,(H,12,13). The number of rotatable bonds is 3. The van der Waals surface area contributed by atoms with Crippen molar-refractivity contribution in [2.24, 2.45) is 0 Å². The maximum absolute atomic E-state index is 12.7. The van der Waals surface area contributed by atoms with Crippen LogP contribution in [0, 0.1) is 0 Å². The van der Waals surface area contributed by atoms with E-state index in [1.54, 1.807) is 0 Å². The number of alkyl halides is 2. The van der Waals surface area contributed by atoms with Crippen LogP contribution in [0.15, 0.2) is 18.2 Å². The highest BCUT2D eigenvalue weighted by atomic mass is 19.3. The number of carbonyl (C=O) groups is 1. The third-order valence-electron chi connectivity index (χ3n) is 1.84. The predicted octanol–water partition coefficient (Wildman–Crippen LogP) is 1.47. The number of benzene rings is 1. The highest BCUT2D eigenvalue weighted by molar-refractivity contribution is 5.74. The largest absolute Gasteiger partial charge is 0.501 e. The Balaban J connectivity index is 2.20. The van der Waals surface area contributed by atoms with Crippen molar-refractivity contribution in [2.45, 2.75) is 6.11 Å². The zero-order valence-corrected chi connectivity index (χ0v) is 7.78. The Morgan fingerprint density at radius 2 is 2.06 bits per heavy atom. The Hall–Kier alpha value is -2.05. The van der Waals surface area contributed by atoms with Crippen LogP contribution >= 0.6 is 0 Å². The van der Waals surface area contributed by atoms with Crippen molar-refractivity contribution in [2.75, 3.05) is 6.79 Å². The van der Waals surface area contributed by atoms with Crippen LogP contribution in [0.25, 0.3) is 0 Å². The Labute approximate surface area is 88.1 Å². The molecule has 2 rings (SSSR count). The monoisotopic (exact) mass is 232 g/mol. The summed E-state index contributed by atoms with van der Waals surface area (Å²) in [4.78, 5) is 10.1. The lowest BCUT2D eigenvalue weighted by Gasteiger charge is -2.13. The van der Waals surface area contributed by atoms with Gasteiger partial charge in [0.2, 0.25) is 6.79 Å². The second-order valence-electron chi connectivity index (χ2n) is 2.94. The second-order valence-corrected chi connectivity index (χ2v) is 2.94. The van der Waals surface area contributed by atoms with Gasteiger partial charge in [0.15, 0.2) is 11.5 Å². The molecule has 5 nitrogen and oxygen atoms in total. The van der Waals surface area contributed by atoms with Crippen LogP contribution in [-0.2, 0) is 4.79 Å². The average Bonchev–Trinajstić information content (AvgIpc) is 2.63. The van der Waals surface area contributed by atoms with Gasteiger partial charge in [0.1, 0.15) is 5.75 Å². The van der Waals surface area contributed by atoms with E-state index in [2.05, 4.69) is 4.74 Å². The maximum atomic E-state index is 12.7. The van der Waals surface area contributed by atoms with Crippen LogP contribution < -0.4 is 14.2 Å². The summed E-state index contributed by atoms with van der Waals surface area (Å²) in [5, 5.41) is 8.17. The first kappa shape index (κ1) is 10.5. The zero-order valence-electron chi connectivity index (χ0n) is 7.78. The smallest absolute Gasteiger partial charge is 0.474 e. The number of ether oxygens (including phenoxy) is 3. The Morgan fingerprint density at radius 3 is 2.75 bits per heavy atom. The number of hydrogen-bond donors (Lipinski definition) is 1. The van der Waals surface area contributed by atoms with E-state index in [-0.39, 0.29) is 18.3 Å². The number of fused-ring (bicyclic) bond motifs is 1. The number of carboxylic acids is 1. The van der Waals surface area contributed by atoms with Gasteiger partial charge in [0.05, 0.1) is 0 Å². The van der Waals surface area contributed by atoms with E-state index in [0.717, 1.165) is 6.07 Å². The summed E-state index contributed by atoms with van der Waals surface area (Å²) in [7, 11) is 0. The van der Waals surface area contributed by atoms with Crippen LogP contribution in [0.1, 0.15) is 0 Å². The first-order valence-corrected chi connectivity index (χ1v) is 4.19. The summed E-state index contributed by atoms with van der Waals surface area (Å²) in [5.41, 5.74) is 0. The highest BCUT2D eigenvalue weighted by Crippen LogP contribution is 2.36. The van der Waals surface area contributed by atoms with Gasteiger partial charge in [-0.25, -0.2) is 4.79 Å². The summed E-state index contributed by atoms with van der Waals surface area (Å²) in [6.45, 7) is -0.00584. The van der Waals surface area contributed by atoms with Crippen molar-refractivity contribution < 1.29 is 32.9 Å². The molecule has 0 spiro atoms. The topological polar surface area (TPSA) is 65.0 Å². The number of carboxylic acid groups (broad SMARTS) is 1. The normalized spacial score (nSPS) is 13.6. The van der Waals surface area contributed by atoms with E-state index in [1.807, 2.05) is 0 Å². The minimum atomic E-state index is -4.27. The first-order valence-electron chi connectivity index (χ1n) is 4.19. The molecule has 1 aromatic rings. The van der Waals surface area contributed by atoms with Gasteiger partial charge in [-0.2, -0.15) is 8.78 Å². The summed E-state index contributed by atoms with van der Waals surface area (Å²) in [5.74, 6) is -2.04. The molecular formula is C9H6F2O5. The Kier molecular flexibility index (Phi) is 2.30. The zero-order chi connectivity index (χ0) is 11.8. The van der Waals surface area contributed by atoms with E-state index in [0.29, 0.717) is 5.75 Å². The molecule has 1 heterocycles. The lowest BCUT2D eigenvalue weighted by atomic mass is 10.3. The third-order valence-corrected chi connectivity index (χ3v) is 1.84. The van der Waals surface area contributed by atoms with Crippen LogP contribution in [0.2, 0.25) is 0 Å². The van der Waals surface area contributed by atoms with Gasteiger partial charge < -0.3 is 19.3 Å². The molecular weight excluding hydrogens is 226 g/mol. The van der Waals surface area contributed by atoms with Gasteiger partial charge in [0, 0.05) is 6.07 Å². The van der Waals surface area contributed by atoms with Crippen LogP contribution in [0.5, 0.6) is 17.2 Å². The van der Waals surface area contributed by atoms with Crippen LogP contribution in [0.3, 0.4) is 0 Å². The maximum Gasteiger partial charge on any atom is 0.501 e. The van der Waals surface area contributed by atoms with Crippen LogP contribution in [-0.4, -0.2) is 24.0 Å². The van der Waals surface area contributed by atoms with Gasteiger partial charge in [0.25, 0.3) is 0 Å². The molecule has 1 aliphatic heterocycles. The van der Waals surface area contributed by atoms with Crippen LogP contribution in [0.4, 0.5) is 8.78 Å². The molecule has 0 radical (unpaired) electrons. The summed E-state index contributed by atoms with van der Waals surface area (Å²) in [6.07, 6.45) is -4.27. The van der Waals surface area contributed by atoms with E-state index in [1.165, 1.54) is 12.1 Å². The Morgan fingerprint density at radius 1 is 1.38 bits per heavy atom. The molecule has 1 aliphatic rings. The molecule has 0 saturated heterocycles. The van der Waals surface area contributed by atoms with Crippen molar-refractivity contribution in [1.29, 1.82) is 0 Å². The Bertz CT molecular complexity index is 432. The quantitative estimate of drug-likeness (QED) is 0.854. The fourth-order valence-corrected chi connectivity index (χ4v) is 1.13. The minimum Gasteiger partial charge on any atom is -0.474 e. The molecule has 0 aromatic heterocycles. The van der Waals surface area contributed by atoms with E-state index < -0.39 is 12.1 Å². The molecule has 0 atom stereocenters. The SMILES string of the molecule is O=C(O)C(F)(F)Oc1ccc2c(c1)OCO2. The molecule has 86 valence electrons. The molecule has 1 N–H and O–H groups in total. The highest BCUT2D eigenvalue weighted by Gasteiger charge is 2.42. The van der Waals surface area contributed by atoms with E-state index in [4.69, 9.17) is 14.6 Å². The molecule has 7 heteroatoms. The predicted molar refractivity (Wildman–Crippen MR) is 45.8 cm³/mol. The third kappa shape index (κ3) is 1.83. The lowest BCUT2D eigenvalue weighted by Crippen LogP contribution is -2.34. The molecule has 1 aromatic carbocycles. The number of halogens is 2. The van der Waals surface area contributed by atoms with Gasteiger partial charge >= 0.3 is 12.1 Å². The molecule has 0 saturated carbocycles. The molecule has 0 amide bonds. The van der Waals surface area contributed by atoms with Crippen molar-refractivity contribution in [3.05, 3.63) is 18.2 Å². The lowest BCUT2D eigenvalue weighted by molar-refractivity contribution is -0.210. The summed E-state index contributed by atoms with van der Waals surface area (Å²) >= 11 is 0. The van der Waals surface area contributed by atoms with Crippen molar-refractivity contribution in [3.63, 3.8) is 0 Å². The van der Waals surface area contributed by atoms with Gasteiger partial charge in [-0.15, -0.1) is 0 Å². The van der Waals surface area contributed by atoms with E-state index >= 15 is 0 Å². The van der Waals surface area contributed by atoms with E-state index in [9.17, 15) is 13.6 Å². The van der Waals surface area contributed by atoms with Gasteiger partial charge in [-0.05, 0) is 12.1 Å². The molecule has 0 bridgehead atoms. The average molecular weight is 232 g/mol. The fourth-order valence-electron chi connectivity index (χ4n) is 1.13. The summed E-state index contributed by atoms with van der Waals surface area (Å²) in [6, 6.07) is 3.67. The van der Waals surface area contributed by atoms with Crippen molar-refractivity contribution in [1.82, 2.24) is 0 Å². The fraction of sp³-hybridized carbons (Fsp3) is 0.222.